The molecule has 1 aromatic carbocycles. The molecule has 94 valence electrons. The highest BCUT2D eigenvalue weighted by atomic mass is 32.2. The van der Waals surface area contributed by atoms with E-state index in [1.165, 1.54) is 0 Å². The second-order valence-electron chi connectivity index (χ2n) is 4.46. The predicted octanol–water partition coefficient (Wildman–Crippen LogP) is 1.77. The minimum atomic E-state index is -3.14. The molecule has 0 aliphatic carbocycles. The Labute approximate surface area is 103 Å². The number of piperidine rings is 1. The van der Waals surface area contributed by atoms with Crippen LogP contribution < -0.4 is 5.32 Å². The summed E-state index contributed by atoms with van der Waals surface area (Å²) in [5.41, 5.74) is 0.936. The SMILES string of the molecule is CCc1ccccc1S(=O)(=O)C1CCNCC1. The molecule has 2 rings (SSSR count). The second kappa shape index (κ2) is 5.19. The molecule has 0 spiro atoms. The Morgan fingerprint density at radius 2 is 1.88 bits per heavy atom. The van der Waals surface area contributed by atoms with Gasteiger partial charge in [-0.05, 0) is 44.0 Å². The maximum absolute atomic E-state index is 12.5. The maximum Gasteiger partial charge on any atom is 0.181 e. The van der Waals surface area contributed by atoms with Crippen LogP contribution in [0.5, 0.6) is 0 Å². The highest BCUT2D eigenvalue weighted by Crippen LogP contribution is 2.25. The van der Waals surface area contributed by atoms with Gasteiger partial charge < -0.3 is 5.32 Å². The van der Waals surface area contributed by atoms with Crippen molar-refractivity contribution in [3.8, 4) is 0 Å². The zero-order valence-electron chi connectivity index (χ0n) is 10.1. The highest BCUT2D eigenvalue weighted by molar-refractivity contribution is 7.92. The molecule has 1 heterocycles. The van der Waals surface area contributed by atoms with Crippen molar-refractivity contribution in [2.45, 2.75) is 36.3 Å². The fraction of sp³-hybridized carbons (Fsp3) is 0.538. The first-order valence-electron chi connectivity index (χ1n) is 6.18. The number of benzene rings is 1. The Balaban J connectivity index is 2.36. The lowest BCUT2D eigenvalue weighted by atomic mass is 10.2. The van der Waals surface area contributed by atoms with E-state index in [1.807, 2.05) is 25.1 Å². The molecule has 1 saturated heterocycles. The molecule has 3 nitrogen and oxygen atoms in total. The van der Waals surface area contributed by atoms with Crippen LogP contribution in [0.4, 0.5) is 0 Å². The Bertz CT molecular complexity index is 476. The number of rotatable bonds is 3. The van der Waals surface area contributed by atoms with E-state index in [4.69, 9.17) is 0 Å². The Kier molecular flexibility index (Phi) is 3.84. The quantitative estimate of drug-likeness (QED) is 0.893. The smallest absolute Gasteiger partial charge is 0.181 e. The first-order valence-corrected chi connectivity index (χ1v) is 7.73. The lowest BCUT2D eigenvalue weighted by Gasteiger charge is -2.23. The number of sulfone groups is 1. The van der Waals surface area contributed by atoms with Gasteiger partial charge in [0, 0.05) is 0 Å². The normalized spacial score (nSPS) is 18.2. The summed E-state index contributed by atoms with van der Waals surface area (Å²) < 4.78 is 25.1. The molecule has 1 aliphatic rings. The van der Waals surface area contributed by atoms with E-state index in [9.17, 15) is 8.42 Å². The van der Waals surface area contributed by atoms with Gasteiger partial charge in [-0.15, -0.1) is 0 Å². The number of nitrogens with one attached hydrogen (secondary N) is 1. The van der Waals surface area contributed by atoms with Crippen molar-refractivity contribution in [3.63, 3.8) is 0 Å². The van der Waals surface area contributed by atoms with Crippen LogP contribution >= 0.6 is 0 Å². The van der Waals surface area contributed by atoms with Crippen molar-refractivity contribution in [2.75, 3.05) is 13.1 Å². The molecule has 1 N–H and O–H groups in total. The number of hydrogen-bond acceptors (Lipinski definition) is 3. The van der Waals surface area contributed by atoms with Gasteiger partial charge in [0.15, 0.2) is 9.84 Å². The fourth-order valence-electron chi connectivity index (χ4n) is 2.36. The number of hydrogen-bond donors (Lipinski definition) is 1. The molecule has 0 atom stereocenters. The zero-order valence-corrected chi connectivity index (χ0v) is 11.0. The van der Waals surface area contributed by atoms with E-state index < -0.39 is 9.84 Å². The molecule has 0 unspecified atom stereocenters. The van der Waals surface area contributed by atoms with Crippen LogP contribution in [0.25, 0.3) is 0 Å². The van der Waals surface area contributed by atoms with Crippen molar-refractivity contribution in [3.05, 3.63) is 29.8 Å². The first-order chi connectivity index (χ1) is 8.16. The van der Waals surface area contributed by atoms with Crippen LogP contribution in [0.2, 0.25) is 0 Å². The summed E-state index contributed by atoms with van der Waals surface area (Å²) in [6, 6.07) is 7.37. The van der Waals surface area contributed by atoms with E-state index in [0.29, 0.717) is 4.90 Å². The molecule has 0 amide bonds. The summed E-state index contributed by atoms with van der Waals surface area (Å²) in [5, 5.41) is 2.99. The molecule has 4 heteroatoms. The molecule has 0 radical (unpaired) electrons. The Hall–Kier alpha value is -0.870. The monoisotopic (exact) mass is 253 g/mol. The third kappa shape index (κ3) is 2.53. The standard InChI is InChI=1S/C13H19NO2S/c1-2-11-5-3-4-6-13(11)17(15,16)12-7-9-14-10-8-12/h3-6,12,14H,2,7-10H2,1H3. The minimum absolute atomic E-state index is 0.212. The molecule has 17 heavy (non-hydrogen) atoms. The van der Waals surface area contributed by atoms with Crippen molar-refractivity contribution in [1.82, 2.24) is 5.32 Å². The maximum atomic E-state index is 12.5. The van der Waals surface area contributed by atoms with E-state index in [-0.39, 0.29) is 5.25 Å². The van der Waals surface area contributed by atoms with Crippen LogP contribution in [0.3, 0.4) is 0 Å². The van der Waals surface area contributed by atoms with Crippen molar-refractivity contribution in [2.24, 2.45) is 0 Å². The van der Waals surface area contributed by atoms with Crippen molar-refractivity contribution >= 4 is 9.84 Å². The van der Waals surface area contributed by atoms with E-state index in [2.05, 4.69) is 5.32 Å². The van der Waals surface area contributed by atoms with Crippen molar-refractivity contribution < 1.29 is 8.42 Å². The van der Waals surface area contributed by atoms with Gasteiger partial charge in [-0.2, -0.15) is 0 Å². The Morgan fingerprint density at radius 1 is 1.24 bits per heavy atom. The van der Waals surface area contributed by atoms with Gasteiger partial charge in [0.05, 0.1) is 10.1 Å². The van der Waals surface area contributed by atoms with Crippen LogP contribution in [0, 0.1) is 0 Å². The molecular weight excluding hydrogens is 234 g/mol. The van der Waals surface area contributed by atoms with Crippen molar-refractivity contribution in [1.29, 1.82) is 0 Å². The lowest BCUT2D eigenvalue weighted by molar-refractivity contribution is 0.496. The highest BCUT2D eigenvalue weighted by Gasteiger charge is 2.29. The van der Waals surface area contributed by atoms with Crippen LogP contribution in [0.15, 0.2) is 29.2 Å². The fourth-order valence-corrected chi connectivity index (χ4v) is 4.42. The number of aryl methyl sites for hydroxylation is 1. The van der Waals surface area contributed by atoms with E-state index in [0.717, 1.165) is 37.9 Å². The summed E-state index contributed by atoms with van der Waals surface area (Å²) >= 11 is 0. The summed E-state index contributed by atoms with van der Waals surface area (Å²) in [4.78, 5) is 0.536. The zero-order chi connectivity index (χ0) is 12.3. The van der Waals surface area contributed by atoms with Gasteiger partial charge in [-0.1, -0.05) is 25.1 Å². The summed E-state index contributed by atoms with van der Waals surface area (Å²) in [7, 11) is -3.14. The summed E-state index contributed by atoms with van der Waals surface area (Å²) in [6.45, 7) is 3.60. The van der Waals surface area contributed by atoms with Crippen LogP contribution in [-0.4, -0.2) is 26.8 Å². The molecule has 1 fully saturated rings. The molecule has 0 aromatic heterocycles. The molecule has 0 saturated carbocycles. The van der Waals surface area contributed by atoms with Gasteiger partial charge in [-0.25, -0.2) is 8.42 Å². The van der Waals surface area contributed by atoms with Gasteiger partial charge >= 0.3 is 0 Å². The predicted molar refractivity (Wildman–Crippen MR) is 68.9 cm³/mol. The van der Waals surface area contributed by atoms with Crippen LogP contribution in [0.1, 0.15) is 25.3 Å². The van der Waals surface area contributed by atoms with Gasteiger partial charge in [0.1, 0.15) is 0 Å². The molecule has 1 aliphatic heterocycles. The first kappa shape index (κ1) is 12.6. The molecular formula is C13H19NO2S. The largest absolute Gasteiger partial charge is 0.317 e. The van der Waals surface area contributed by atoms with Gasteiger partial charge in [-0.3, -0.25) is 0 Å². The topological polar surface area (TPSA) is 46.2 Å². The summed E-state index contributed by atoms with van der Waals surface area (Å²) in [5.74, 6) is 0. The average molecular weight is 253 g/mol. The average Bonchev–Trinajstić information content (AvgIpc) is 2.39. The van der Waals surface area contributed by atoms with Crippen LogP contribution in [-0.2, 0) is 16.3 Å². The second-order valence-corrected chi connectivity index (χ2v) is 6.65. The Morgan fingerprint density at radius 3 is 2.53 bits per heavy atom. The van der Waals surface area contributed by atoms with E-state index >= 15 is 0 Å². The molecule has 0 bridgehead atoms. The minimum Gasteiger partial charge on any atom is -0.317 e. The van der Waals surface area contributed by atoms with E-state index in [1.54, 1.807) is 6.07 Å². The summed E-state index contributed by atoms with van der Waals surface area (Å²) in [6.07, 6.45) is 2.21. The third-order valence-electron chi connectivity index (χ3n) is 3.39. The lowest BCUT2D eigenvalue weighted by Crippen LogP contribution is -2.36. The van der Waals surface area contributed by atoms with Gasteiger partial charge in [0.2, 0.25) is 0 Å². The molecule has 1 aromatic rings. The van der Waals surface area contributed by atoms with Gasteiger partial charge in [0.25, 0.3) is 0 Å². The third-order valence-corrected chi connectivity index (χ3v) is 5.75.